The molecule has 1 heterocycles. The molecule has 0 saturated carbocycles. The molecule has 2 aromatic rings. The van der Waals surface area contributed by atoms with E-state index >= 15 is 0 Å². The molecule has 0 bridgehead atoms. The second-order valence-electron chi connectivity index (χ2n) is 5.18. The van der Waals surface area contributed by atoms with E-state index in [0.717, 1.165) is 49.0 Å². The number of hydrogen-bond acceptors (Lipinski definition) is 4. The molecule has 0 radical (unpaired) electrons. The van der Waals surface area contributed by atoms with Crippen LogP contribution in [0.3, 0.4) is 0 Å². The molecule has 138 valence electrons. The zero-order valence-corrected chi connectivity index (χ0v) is 18.0. The van der Waals surface area contributed by atoms with Crippen molar-refractivity contribution in [2.45, 2.75) is 12.8 Å². The maximum atomic E-state index is 5.41. The Balaban J connectivity index is 0.00000312. The van der Waals surface area contributed by atoms with Gasteiger partial charge >= 0.3 is 0 Å². The molecular formula is C18H26IN3O2S. The standard InChI is InChI=1S/C18H25N3O2S.HI/c1-19-18(21-11-9-16-5-4-12-24-16)20-10-8-14-13-15(22-2)6-7-17(14)23-3;/h4-7,12-13H,8-11H2,1-3H3,(H2,19,20,21);1H. The molecule has 0 unspecified atom stereocenters. The summed E-state index contributed by atoms with van der Waals surface area (Å²) in [6.07, 6.45) is 1.83. The first-order valence-electron chi connectivity index (χ1n) is 7.94. The molecule has 2 N–H and O–H groups in total. The van der Waals surface area contributed by atoms with Crippen molar-refractivity contribution in [3.63, 3.8) is 0 Å². The Bertz CT molecular complexity index is 648. The summed E-state index contributed by atoms with van der Waals surface area (Å²) < 4.78 is 10.7. The van der Waals surface area contributed by atoms with Gasteiger partial charge in [-0.15, -0.1) is 35.3 Å². The fourth-order valence-electron chi connectivity index (χ4n) is 2.37. The molecule has 1 aromatic heterocycles. The Hall–Kier alpha value is -1.48. The van der Waals surface area contributed by atoms with Crippen LogP contribution in [-0.2, 0) is 12.8 Å². The fourth-order valence-corrected chi connectivity index (χ4v) is 3.08. The third kappa shape index (κ3) is 7.11. The number of methoxy groups -OCH3 is 2. The summed E-state index contributed by atoms with van der Waals surface area (Å²) in [5.41, 5.74) is 1.11. The molecule has 0 aliphatic rings. The number of nitrogens with zero attached hydrogens (tertiary/aromatic N) is 1. The van der Waals surface area contributed by atoms with Crippen LogP contribution in [0.15, 0.2) is 40.7 Å². The number of guanidine groups is 1. The van der Waals surface area contributed by atoms with Gasteiger partial charge in [-0.2, -0.15) is 0 Å². The minimum atomic E-state index is 0. The average molecular weight is 475 g/mol. The Morgan fingerprint density at radius 3 is 2.44 bits per heavy atom. The molecule has 0 saturated heterocycles. The summed E-state index contributed by atoms with van der Waals surface area (Å²) in [7, 11) is 5.14. The van der Waals surface area contributed by atoms with Gasteiger partial charge in [-0.3, -0.25) is 4.99 Å². The van der Waals surface area contributed by atoms with Crippen LogP contribution < -0.4 is 20.1 Å². The lowest BCUT2D eigenvalue weighted by molar-refractivity contribution is 0.398. The zero-order chi connectivity index (χ0) is 17.2. The highest BCUT2D eigenvalue weighted by molar-refractivity contribution is 14.0. The van der Waals surface area contributed by atoms with Crippen molar-refractivity contribution in [2.75, 3.05) is 34.4 Å². The minimum absolute atomic E-state index is 0. The van der Waals surface area contributed by atoms with Gasteiger partial charge in [-0.05, 0) is 48.1 Å². The van der Waals surface area contributed by atoms with Crippen LogP contribution in [0.25, 0.3) is 0 Å². The van der Waals surface area contributed by atoms with Gasteiger partial charge in [-0.25, -0.2) is 0 Å². The molecule has 0 amide bonds. The Morgan fingerprint density at radius 2 is 1.84 bits per heavy atom. The third-order valence-electron chi connectivity index (χ3n) is 3.64. The lowest BCUT2D eigenvalue weighted by atomic mass is 10.1. The molecular weight excluding hydrogens is 449 g/mol. The van der Waals surface area contributed by atoms with Crippen molar-refractivity contribution in [1.82, 2.24) is 10.6 Å². The van der Waals surface area contributed by atoms with Gasteiger partial charge in [0.05, 0.1) is 14.2 Å². The van der Waals surface area contributed by atoms with Crippen LogP contribution in [0.2, 0.25) is 0 Å². The van der Waals surface area contributed by atoms with Crippen molar-refractivity contribution in [3.05, 3.63) is 46.2 Å². The fraction of sp³-hybridized carbons (Fsp3) is 0.389. The van der Waals surface area contributed by atoms with E-state index in [0.29, 0.717) is 0 Å². The quantitative estimate of drug-likeness (QED) is 0.350. The summed E-state index contributed by atoms with van der Waals surface area (Å²) in [6.45, 7) is 1.63. The van der Waals surface area contributed by atoms with Crippen LogP contribution in [0.1, 0.15) is 10.4 Å². The minimum Gasteiger partial charge on any atom is -0.497 e. The van der Waals surface area contributed by atoms with E-state index in [2.05, 4.69) is 33.1 Å². The van der Waals surface area contributed by atoms with Gasteiger partial charge in [0.25, 0.3) is 0 Å². The van der Waals surface area contributed by atoms with Crippen LogP contribution in [0, 0.1) is 0 Å². The molecule has 25 heavy (non-hydrogen) atoms. The predicted molar refractivity (Wildman–Crippen MR) is 116 cm³/mol. The van der Waals surface area contributed by atoms with Crippen molar-refractivity contribution >= 4 is 41.3 Å². The first-order chi connectivity index (χ1) is 11.8. The maximum Gasteiger partial charge on any atom is 0.190 e. The summed E-state index contributed by atoms with van der Waals surface area (Å²) in [6, 6.07) is 10.1. The maximum absolute atomic E-state index is 5.41. The molecule has 0 fully saturated rings. The number of aliphatic imine (C=N–C) groups is 1. The average Bonchev–Trinajstić information content (AvgIpc) is 3.13. The Kier molecular flexibility index (Phi) is 10.3. The molecule has 0 spiro atoms. The molecule has 7 heteroatoms. The summed E-state index contributed by atoms with van der Waals surface area (Å²) >= 11 is 1.78. The lowest BCUT2D eigenvalue weighted by Crippen LogP contribution is -2.39. The van der Waals surface area contributed by atoms with Gasteiger partial charge in [0.2, 0.25) is 0 Å². The molecule has 0 atom stereocenters. The van der Waals surface area contributed by atoms with Gasteiger partial charge < -0.3 is 20.1 Å². The number of nitrogens with one attached hydrogen (secondary N) is 2. The van der Waals surface area contributed by atoms with Crippen LogP contribution >= 0.6 is 35.3 Å². The molecule has 1 aromatic carbocycles. The second-order valence-corrected chi connectivity index (χ2v) is 6.22. The summed E-state index contributed by atoms with van der Waals surface area (Å²) in [4.78, 5) is 5.63. The predicted octanol–water partition coefficient (Wildman–Crippen LogP) is 3.33. The monoisotopic (exact) mass is 475 g/mol. The van der Waals surface area contributed by atoms with Gasteiger partial charge in [-0.1, -0.05) is 6.07 Å². The normalized spacial score (nSPS) is 10.8. The lowest BCUT2D eigenvalue weighted by Gasteiger charge is -2.13. The van der Waals surface area contributed by atoms with Crippen LogP contribution in [0.5, 0.6) is 11.5 Å². The number of benzene rings is 1. The number of hydrogen-bond donors (Lipinski definition) is 2. The highest BCUT2D eigenvalue weighted by Gasteiger charge is 2.06. The first-order valence-corrected chi connectivity index (χ1v) is 8.82. The van der Waals surface area contributed by atoms with Crippen LogP contribution in [0.4, 0.5) is 0 Å². The number of thiophene rings is 1. The third-order valence-corrected chi connectivity index (χ3v) is 4.58. The van der Waals surface area contributed by atoms with Crippen LogP contribution in [-0.4, -0.2) is 40.3 Å². The van der Waals surface area contributed by atoms with E-state index in [-0.39, 0.29) is 24.0 Å². The highest BCUT2D eigenvalue weighted by Crippen LogP contribution is 2.24. The summed E-state index contributed by atoms with van der Waals surface area (Å²) in [5.74, 6) is 2.52. The van der Waals surface area contributed by atoms with Crippen molar-refractivity contribution in [1.29, 1.82) is 0 Å². The van der Waals surface area contributed by atoms with E-state index in [9.17, 15) is 0 Å². The SMILES string of the molecule is CN=C(NCCc1cccs1)NCCc1cc(OC)ccc1OC.I. The summed E-state index contributed by atoms with van der Waals surface area (Å²) in [5, 5.41) is 8.77. The van der Waals surface area contributed by atoms with Gasteiger partial charge in [0.1, 0.15) is 11.5 Å². The van der Waals surface area contributed by atoms with Crippen molar-refractivity contribution in [2.24, 2.45) is 4.99 Å². The number of ether oxygens (including phenoxy) is 2. The molecule has 5 nitrogen and oxygen atoms in total. The second kappa shape index (κ2) is 12.0. The molecule has 0 aliphatic heterocycles. The highest BCUT2D eigenvalue weighted by atomic mass is 127. The van der Waals surface area contributed by atoms with Gasteiger partial charge in [0, 0.05) is 25.0 Å². The Morgan fingerprint density at radius 1 is 1.08 bits per heavy atom. The molecule has 2 rings (SSSR count). The van der Waals surface area contributed by atoms with E-state index in [1.807, 2.05) is 18.2 Å². The van der Waals surface area contributed by atoms with E-state index < -0.39 is 0 Å². The topological polar surface area (TPSA) is 54.9 Å². The first kappa shape index (κ1) is 21.6. The largest absolute Gasteiger partial charge is 0.497 e. The van der Waals surface area contributed by atoms with Crippen molar-refractivity contribution < 1.29 is 9.47 Å². The Labute approximate surface area is 170 Å². The number of rotatable bonds is 8. The van der Waals surface area contributed by atoms with E-state index in [1.54, 1.807) is 32.6 Å². The van der Waals surface area contributed by atoms with E-state index in [4.69, 9.17) is 9.47 Å². The molecule has 0 aliphatic carbocycles. The number of halogens is 1. The van der Waals surface area contributed by atoms with Crippen molar-refractivity contribution in [3.8, 4) is 11.5 Å². The van der Waals surface area contributed by atoms with Gasteiger partial charge in [0.15, 0.2) is 5.96 Å². The smallest absolute Gasteiger partial charge is 0.190 e. The zero-order valence-electron chi connectivity index (χ0n) is 14.9. The van der Waals surface area contributed by atoms with E-state index in [1.165, 1.54) is 4.88 Å².